The molecule has 0 aliphatic heterocycles. The lowest BCUT2D eigenvalue weighted by molar-refractivity contribution is -0.143. The lowest BCUT2D eigenvalue weighted by Crippen LogP contribution is -2.54. The maximum Gasteiger partial charge on any atom is 0.329 e. The second kappa shape index (κ2) is 7.05. The Labute approximate surface area is 95.4 Å². The van der Waals surface area contributed by atoms with Crippen molar-refractivity contribution >= 4 is 12.0 Å². The summed E-state index contributed by atoms with van der Waals surface area (Å²) in [5.74, 6) is -1.04. The van der Waals surface area contributed by atoms with Crippen molar-refractivity contribution < 1.29 is 19.4 Å². The summed E-state index contributed by atoms with van der Waals surface area (Å²) < 4.78 is 4.82. The minimum Gasteiger partial charge on any atom is -0.480 e. The van der Waals surface area contributed by atoms with E-state index in [-0.39, 0.29) is 0 Å². The number of ether oxygens (including phenoxy) is 1. The average Bonchev–Trinajstić information content (AvgIpc) is 2.24. The van der Waals surface area contributed by atoms with Crippen molar-refractivity contribution in [2.45, 2.75) is 32.2 Å². The molecule has 3 N–H and O–H groups in total. The van der Waals surface area contributed by atoms with Crippen LogP contribution in [0, 0.1) is 0 Å². The molecule has 0 aromatic rings. The standard InChI is InChI=1S/C10H20N2O4/c1-4-10(2,8(13)14)12-9(15)11-6-5-7-16-3/h4-7H2,1-3H3,(H,13,14)(H2,11,12,15). The monoisotopic (exact) mass is 232 g/mol. The molecule has 0 aromatic carbocycles. The number of aliphatic carboxylic acids is 1. The number of carbonyl (C=O) groups excluding carboxylic acids is 1. The molecule has 0 rings (SSSR count). The first-order chi connectivity index (χ1) is 7.46. The van der Waals surface area contributed by atoms with Gasteiger partial charge < -0.3 is 20.5 Å². The third-order valence-corrected chi connectivity index (χ3v) is 2.38. The van der Waals surface area contributed by atoms with Crippen molar-refractivity contribution in [2.75, 3.05) is 20.3 Å². The summed E-state index contributed by atoms with van der Waals surface area (Å²) in [7, 11) is 1.58. The van der Waals surface area contributed by atoms with Crippen molar-refractivity contribution in [2.24, 2.45) is 0 Å². The number of rotatable bonds is 7. The largest absolute Gasteiger partial charge is 0.480 e. The summed E-state index contributed by atoms with van der Waals surface area (Å²) in [6, 6.07) is -0.470. The fourth-order valence-corrected chi connectivity index (χ4v) is 1.01. The van der Waals surface area contributed by atoms with E-state index < -0.39 is 17.5 Å². The van der Waals surface area contributed by atoms with Crippen LogP contribution in [0.15, 0.2) is 0 Å². The zero-order valence-electron chi connectivity index (χ0n) is 10.0. The Kier molecular flexibility index (Phi) is 6.48. The number of carboxylic acid groups (broad SMARTS) is 1. The summed E-state index contributed by atoms with van der Waals surface area (Å²) >= 11 is 0. The van der Waals surface area contributed by atoms with E-state index in [1.54, 1.807) is 14.0 Å². The van der Waals surface area contributed by atoms with Gasteiger partial charge >= 0.3 is 12.0 Å². The van der Waals surface area contributed by atoms with Crippen LogP contribution in [0.25, 0.3) is 0 Å². The fraction of sp³-hybridized carbons (Fsp3) is 0.800. The Morgan fingerprint density at radius 2 is 2.06 bits per heavy atom. The summed E-state index contributed by atoms with van der Waals surface area (Å²) in [6.45, 7) is 4.20. The third kappa shape index (κ3) is 4.97. The molecule has 1 atom stereocenters. The number of methoxy groups -OCH3 is 1. The highest BCUT2D eigenvalue weighted by Gasteiger charge is 2.32. The first kappa shape index (κ1) is 14.7. The van der Waals surface area contributed by atoms with Gasteiger partial charge in [0.25, 0.3) is 0 Å². The van der Waals surface area contributed by atoms with Gasteiger partial charge in [0.2, 0.25) is 0 Å². The van der Waals surface area contributed by atoms with Gasteiger partial charge in [0.1, 0.15) is 5.54 Å². The lowest BCUT2D eigenvalue weighted by Gasteiger charge is -2.24. The van der Waals surface area contributed by atoms with Gasteiger partial charge in [-0.1, -0.05) is 6.92 Å². The van der Waals surface area contributed by atoms with Crippen molar-refractivity contribution in [1.29, 1.82) is 0 Å². The van der Waals surface area contributed by atoms with E-state index in [0.29, 0.717) is 26.0 Å². The van der Waals surface area contributed by atoms with Crippen LogP contribution >= 0.6 is 0 Å². The highest BCUT2D eigenvalue weighted by molar-refractivity contribution is 5.85. The van der Waals surface area contributed by atoms with E-state index in [0.717, 1.165) is 0 Å². The van der Waals surface area contributed by atoms with Gasteiger partial charge in [-0.2, -0.15) is 0 Å². The van der Waals surface area contributed by atoms with E-state index in [4.69, 9.17) is 9.84 Å². The van der Waals surface area contributed by atoms with Crippen molar-refractivity contribution in [3.63, 3.8) is 0 Å². The average molecular weight is 232 g/mol. The number of nitrogens with one attached hydrogen (secondary N) is 2. The highest BCUT2D eigenvalue weighted by Crippen LogP contribution is 2.08. The van der Waals surface area contributed by atoms with Crippen molar-refractivity contribution in [1.82, 2.24) is 10.6 Å². The second-order valence-corrected chi connectivity index (χ2v) is 3.72. The fourth-order valence-electron chi connectivity index (χ4n) is 1.01. The maximum atomic E-state index is 11.4. The molecule has 2 amide bonds. The topological polar surface area (TPSA) is 87.7 Å². The van der Waals surface area contributed by atoms with Gasteiger partial charge in [-0.15, -0.1) is 0 Å². The minimum absolute atomic E-state index is 0.327. The summed E-state index contributed by atoms with van der Waals surface area (Å²) in [5, 5.41) is 13.9. The van der Waals surface area contributed by atoms with Gasteiger partial charge in [-0.25, -0.2) is 9.59 Å². The molecule has 0 saturated carbocycles. The van der Waals surface area contributed by atoms with Crippen LogP contribution in [0.5, 0.6) is 0 Å². The van der Waals surface area contributed by atoms with Crippen molar-refractivity contribution in [3.8, 4) is 0 Å². The van der Waals surface area contributed by atoms with Crippen LogP contribution in [-0.4, -0.2) is 42.9 Å². The molecule has 0 spiro atoms. The van der Waals surface area contributed by atoms with Gasteiger partial charge in [0, 0.05) is 20.3 Å². The first-order valence-electron chi connectivity index (χ1n) is 5.24. The minimum atomic E-state index is -1.22. The molecule has 94 valence electrons. The quantitative estimate of drug-likeness (QED) is 0.560. The predicted molar refractivity (Wildman–Crippen MR) is 59.4 cm³/mol. The molecule has 6 nitrogen and oxygen atoms in total. The molecular formula is C10H20N2O4. The highest BCUT2D eigenvalue weighted by atomic mass is 16.5. The Balaban J connectivity index is 3.98. The van der Waals surface area contributed by atoms with Gasteiger partial charge in [0.05, 0.1) is 0 Å². The molecule has 0 saturated heterocycles. The number of amides is 2. The van der Waals surface area contributed by atoms with E-state index in [9.17, 15) is 9.59 Å². The predicted octanol–water partition coefficient (Wildman–Crippen LogP) is 0.575. The first-order valence-corrected chi connectivity index (χ1v) is 5.24. The Morgan fingerprint density at radius 1 is 1.44 bits per heavy atom. The van der Waals surface area contributed by atoms with Crippen LogP contribution in [0.4, 0.5) is 4.79 Å². The molecule has 1 unspecified atom stereocenters. The maximum absolute atomic E-state index is 11.4. The number of urea groups is 1. The number of hydrogen-bond donors (Lipinski definition) is 3. The molecular weight excluding hydrogens is 212 g/mol. The van der Waals surface area contributed by atoms with Gasteiger partial charge in [-0.05, 0) is 19.8 Å². The van der Waals surface area contributed by atoms with E-state index in [1.165, 1.54) is 6.92 Å². The Hall–Kier alpha value is -1.30. The SMILES string of the molecule is CCC(C)(NC(=O)NCCCOC)C(=O)O. The van der Waals surface area contributed by atoms with E-state index in [2.05, 4.69) is 10.6 Å². The number of hydrogen-bond acceptors (Lipinski definition) is 3. The van der Waals surface area contributed by atoms with E-state index >= 15 is 0 Å². The molecule has 16 heavy (non-hydrogen) atoms. The van der Waals surface area contributed by atoms with Crippen LogP contribution in [0.3, 0.4) is 0 Å². The summed E-state index contributed by atoms with van der Waals surface area (Å²) in [5.41, 5.74) is -1.22. The van der Waals surface area contributed by atoms with Gasteiger partial charge in [-0.3, -0.25) is 0 Å². The smallest absolute Gasteiger partial charge is 0.329 e. The summed E-state index contributed by atoms with van der Waals surface area (Å²) in [6.07, 6.45) is 1.02. The third-order valence-electron chi connectivity index (χ3n) is 2.38. The Bertz CT molecular complexity index is 245. The normalized spacial score (nSPS) is 13.9. The molecule has 0 aliphatic carbocycles. The Morgan fingerprint density at radius 3 is 2.50 bits per heavy atom. The number of carboxylic acids is 1. The van der Waals surface area contributed by atoms with Crippen LogP contribution in [0.2, 0.25) is 0 Å². The molecule has 0 aliphatic rings. The zero-order chi connectivity index (χ0) is 12.6. The lowest BCUT2D eigenvalue weighted by atomic mass is 10.00. The van der Waals surface area contributed by atoms with Crippen LogP contribution in [0.1, 0.15) is 26.7 Å². The zero-order valence-corrected chi connectivity index (χ0v) is 10.0. The van der Waals surface area contributed by atoms with E-state index in [1.807, 2.05) is 0 Å². The summed E-state index contributed by atoms with van der Waals surface area (Å²) in [4.78, 5) is 22.3. The van der Waals surface area contributed by atoms with Gasteiger partial charge in [0.15, 0.2) is 0 Å². The van der Waals surface area contributed by atoms with Crippen molar-refractivity contribution in [3.05, 3.63) is 0 Å². The number of carbonyl (C=O) groups is 2. The molecule has 0 aromatic heterocycles. The molecule has 0 bridgehead atoms. The van der Waals surface area contributed by atoms with Crippen LogP contribution < -0.4 is 10.6 Å². The molecule has 6 heteroatoms. The molecule has 0 fully saturated rings. The molecule has 0 radical (unpaired) electrons. The van der Waals surface area contributed by atoms with Crippen LogP contribution in [-0.2, 0) is 9.53 Å². The molecule has 0 heterocycles. The second-order valence-electron chi connectivity index (χ2n) is 3.72.